The van der Waals surface area contributed by atoms with Crippen molar-refractivity contribution < 1.29 is 9.72 Å². The van der Waals surface area contributed by atoms with Gasteiger partial charge in [-0.3, -0.25) is 9.36 Å². The summed E-state index contributed by atoms with van der Waals surface area (Å²) >= 11 is 0. The lowest BCUT2D eigenvalue weighted by atomic mass is 10.3. The van der Waals surface area contributed by atoms with Gasteiger partial charge in [-0.15, -0.1) is 0 Å². The topological polar surface area (TPSA) is 116 Å². The second kappa shape index (κ2) is 4.17. The number of aromatic nitrogens is 2. The Morgan fingerprint density at radius 3 is 2.69 bits per heavy atom. The minimum atomic E-state index is -0.700. The highest BCUT2D eigenvalue weighted by atomic mass is 16.6. The standard InChI is InChI=1S/C8H13N5O3/c1-4(6(9)14)10-7-8(13(15)16)11-5(2)12(7)3/h4,10H,1-3H3,(H2,9,14). The number of carbonyl (C=O) groups is 1. The predicted octanol–water partition coefficient (Wildman–Crippen LogP) is -0.0776. The fourth-order valence-corrected chi connectivity index (χ4v) is 1.16. The van der Waals surface area contributed by atoms with Crippen LogP contribution in [0.4, 0.5) is 11.6 Å². The third-order valence-corrected chi connectivity index (χ3v) is 2.25. The van der Waals surface area contributed by atoms with Crippen LogP contribution in [0.25, 0.3) is 0 Å². The van der Waals surface area contributed by atoms with Crippen molar-refractivity contribution in [2.24, 2.45) is 12.8 Å². The third kappa shape index (κ3) is 2.10. The van der Waals surface area contributed by atoms with Crippen LogP contribution in [0.1, 0.15) is 12.7 Å². The first-order valence-corrected chi connectivity index (χ1v) is 4.58. The SMILES string of the molecule is Cc1nc([N+](=O)[O-])c(NC(C)C(N)=O)n1C. The van der Waals surface area contributed by atoms with Crippen LogP contribution in [0.15, 0.2) is 0 Å². The molecule has 1 aromatic rings. The van der Waals surface area contributed by atoms with E-state index in [0.717, 1.165) is 0 Å². The molecule has 3 N–H and O–H groups in total. The number of nitrogens with zero attached hydrogens (tertiary/aromatic N) is 3. The Kier molecular flexibility index (Phi) is 3.11. The minimum absolute atomic E-state index is 0.175. The van der Waals surface area contributed by atoms with E-state index in [-0.39, 0.29) is 11.6 Å². The van der Waals surface area contributed by atoms with Crippen molar-refractivity contribution >= 4 is 17.5 Å². The van der Waals surface area contributed by atoms with Crippen molar-refractivity contribution in [3.8, 4) is 0 Å². The van der Waals surface area contributed by atoms with Gasteiger partial charge in [-0.1, -0.05) is 0 Å². The van der Waals surface area contributed by atoms with Gasteiger partial charge in [0.25, 0.3) is 0 Å². The van der Waals surface area contributed by atoms with Crippen molar-refractivity contribution in [3.63, 3.8) is 0 Å². The van der Waals surface area contributed by atoms with E-state index in [9.17, 15) is 14.9 Å². The number of carbonyl (C=O) groups excluding carboxylic acids is 1. The number of imidazole rings is 1. The molecule has 16 heavy (non-hydrogen) atoms. The molecule has 8 nitrogen and oxygen atoms in total. The van der Waals surface area contributed by atoms with Gasteiger partial charge >= 0.3 is 5.82 Å². The molecular formula is C8H13N5O3. The maximum Gasteiger partial charge on any atom is 0.406 e. The Balaban J connectivity index is 3.11. The summed E-state index contributed by atoms with van der Waals surface area (Å²) in [5, 5.41) is 13.4. The molecule has 1 unspecified atom stereocenters. The second-order valence-corrected chi connectivity index (χ2v) is 3.42. The van der Waals surface area contributed by atoms with Gasteiger partial charge in [0, 0.05) is 14.0 Å². The number of aryl methyl sites for hydroxylation is 1. The summed E-state index contributed by atoms with van der Waals surface area (Å²) in [4.78, 5) is 24.7. The van der Waals surface area contributed by atoms with Gasteiger partial charge in [0.15, 0.2) is 0 Å². The van der Waals surface area contributed by atoms with Crippen LogP contribution in [0.2, 0.25) is 0 Å². The maximum absolute atomic E-state index is 10.9. The van der Waals surface area contributed by atoms with Gasteiger partial charge in [0.05, 0.1) is 0 Å². The number of hydrogen-bond donors (Lipinski definition) is 2. The van der Waals surface area contributed by atoms with Crippen molar-refractivity contribution in [3.05, 3.63) is 15.9 Å². The Bertz CT molecular complexity index is 439. The highest BCUT2D eigenvalue weighted by molar-refractivity contribution is 5.82. The van der Waals surface area contributed by atoms with E-state index in [1.165, 1.54) is 11.5 Å². The second-order valence-electron chi connectivity index (χ2n) is 3.42. The normalized spacial score (nSPS) is 12.2. The number of nitrogens with one attached hydrogen (secondary N) is 1. The third-order valence-electron chi connectivity index (χ3n) is 2.25. The first-order chi connectivity index (χ1) is 7.34. The molecule has 0 aliphatic heterocycles. The van der Waals surface area contributed by atoms with Crippen LogP contribution in [0, 0.1) is 17.0 Å². The molecule has 0 aliphatic rings. The molecular weight excluding hydrogens is 214 g/mol. The van der Waals surface area contributed by atoms with Crippen molar-refractivity contribution in [2.75, 3.05) is 5.32 Å². The number of nitro groups is 1. The maximum atomic E-state index is 10.9. The van der Waals surface area contributed by atoms with E-state index in [1.807, 2.05) is 0 Å². The fraction of sp³-hybridized carbons (Fsp3) is 0.500. The number of nitrogens with two attached hydrogens (primary N) is 1. The highest BCUT2D eigenvalue weighted by Gasteiger charge is 2.25. The Hall–Kier alpha value is -2.12. The number of hydrogen-bond acceptors (Lipinski definition) is 5. The molecule has 0 saturated heterocycles. The van der Waals surface area contributed by atoms with E-state index in [2.05, 4.69) is 10.3 Å². The molecule has 0 spiro atoms. The first-order valence-electron chi connectivity index (χ1n) is 4.58. The molecule has 1 rings (SSSR count). The lowest BCUT2D eigenvalue weighted by molar-refractivity contribution is -0.388. The Morgan fingerprint density at radius 1 is 1.69 bits per heavy atom. The average Bonchev–Trinajstić information content (AvgIpc) is 2.45. The van der Waals surface area contributed by atoms with E-state index in [4.69, 9.17) is 5.73 Å². The fourth-order valence-electron chi connectivity index (χ4n) is 1.16. The monoisotopic (exact) mass is 227 g/mol. The van der Waals surface area contributed by atoms with Crippen molar-refractivity contribution in [1.82, 2.24) is 9.55 Å². The van der Waals surface area contributed by atoms with E-state index in [1.54, 1.807) is 14.0 Å². The summed E-state index contributed by atoms with van der Waals surface area (Å²) < 4.78 is 1.50. The van der Waals surface area contributed by atoms with E-state index >= 15 is 0 Å². The molecule has 88 valence electrons. The van der Waals surface area contributed by atoms with Crippen LogP contribution in [0.3, 0.4) is 0 Å². The molecule has 0 radical (unpaired) electrons. The van der Waals surface area contributed by atoms with Gasteiger partial charge in [-0.2, -0.15) is 0 Å². The average molecular weight is 227 g/mol. The summed E-state index contributed by atoms with van der Waals surface area (Å²) in [6.07, 6.45) is 0. The van der Waals surface area contributed by atoms with Crippen LogP contribution in [0.5, 0.6) is 0 Å². The van der Waals surface area contributed by atoms with E-state index in [0.29, 0.717) is 5.82 Å². The Morgan fingerprint density at radius 2 is 2.25 bits per heavy atom. The first kappa shape index (κ1) is 12.0. The van der Waals surface area contributed by atoms with Gasteiger partial charge in [-0.25, -0.2) is 0 Å². The van der Waals surface area contributed by atoms with Crippen molar-refractivity contribution in [2.45, 2.75) is 19.9 Å². The van der Waals surface area contributed by atoms with Gasteiger partial charge < -0.3 is 21.2 Å². The van der Waals surface area contributed by atoms with Crippen LogP contribution < -0.4 is 11.1 Å². The molecule has 0 aliphatic carbocycles. The summed E-state index contributed by atoms with van der Waals surface area (Å²) in [7, 11) is 1.62. The molecule has 0 aromatic carbocycles. The molecule has 0 bridgehead atoms. The summed E-state index contributed by atoms with van der Waals surface area (Å²) in [6, 6.07) is -0.700. The molecule has 0 fully saturated rings. The summed E-state index contributed by atoms with van der Waals surface area (Å²) in [5.41, 5.74) is 5.07. The Labute approximate surface area is 91.6 Å². The van der Waals surface area contributed by atoms with Gasteiger partial charge in [-0.05, 0) is 16.8 Å². The molecule has 0 saturated carbocycles. The van der Waals surface area contributed by atoms with Crippen LogP contribution in [-0.4, -0.2) is 26.4 Å². The van der Waals surface area contributed by atoms with E-state index < -0.39 is 16.9 Å². The summed E-state index contributed by atoms with van der Waals surface area (Å²) in [6.45, 7) is 3.15. The zero-order valence-corrected chi connectivity index (χ0v) is 9.22. The number of primary amides is 1. The molecule has 8 heteroatoms. The number of anilines is 1. The van der Waals surface area contributed by atoms with Crippen molar-refractivity contribution in [1.29, 1.82) is 0 Å². The molecule has 1 heterocycles. The van der Waals surface area contributed by atoms with Gasteiger partial charge in [0.1, 0.15) is 6.04 Å². The molecule has 1 atom stereocenters. The lowest BCUT2D eigenvalue weighted by Crippen LogP contribution is -2.33. The largest absolute Gasteiger partial charge is 0.406 e. The highest BCUT2D eigenvalue weighted by Crippen LogP contribution is 2.24. The number of amides is 1. The summed E-state index contributed by atoms with van der Waals surface area (Å²) in [5.74, 6) is -0.249. The van der Waals surface area contributed by atoms with Gasteiger partial charge in [0.2, 0.25) is 17.5 Å². The predicted molar refractivity (Wildman–Crippen MR) is 56.9 cm³/mol. The molecule has 1 aromatic heterocycles. The molecule has 1 amide bonds. The lowest BCUT2D eigenvalue weighted by Gasteiger charge is -2.10. The number of rotatable bonds is 4. The zero-order valence-electron chi connectivity index (χ0n) is 9.22. The van der Waals surface area contributed by atoms with Crippen LogP contribution >= 0.6 is 0 Å². The minimum Gasteiger partial charge on any atom is -0.368 e. The zero-order chi connectivity index (χ0) is 12.5. The van der Waals surface area contributed by atoms with Crippen LogP contribution in [-0.2, 0) is 11.8 Å². The quantitative estimate of drug-likeness (QED) is 0.551. The smallest absolute Gasteiger partial charge is 0.368 e.